The molecule has 2 heterocycles. The maximum atomic E-state index is 12.6. The minimum atomic E-state index is -0.562. The summed E-state index contributed by atoms with van der Waals surface area (Å²) in [5.41, 5.74) is 1.59. The van der Waals surface area contributed by atoms with E-state index in [-0.39, 0.29) is 24.1 Å². The van der Waals surface area contributed by atoms with Crippen molar-refractivity contribution in [2.75, 3.05) is 13.9 Å². The summed E-state index contributed by atoms with van der Waals surface area (Å²) < 4.78 is 27.0. The maximum absolute atomic E-state index is 12.6. The molecule has 3 aromatic rings. The molecule has 5 rings (SSSR count). The van der Waals surface area contributed by atoms with Crippen LogP contribution in [0.2, 0.25) is 0 Å². The van der Waals surface area contributed by atoms with Gasteiger partial charge < -0.3 is 23.7 Å². The zero-order chi connectivity index (χ0) is 22.8. The van der Waals surface area contributed by atoms with Gasteiger partial charge in [0.05, 0.1) is 18.2 Å². The van der Waals surface area contributed by atoms with Gasteiger partial charge in [-0.15, -0.1) is 0 Å². The van der Waals surface area contributed by atoms with Crippen LogP contribution < -0.4 is 23.7 Å². The van der Waals surface area contributed by atoms with E-state index in [4.69, 9.17) is 23.7 Å². The van der Waals surface area contributed by atoms with Crippen molar-refractivity contribution in [3.63, 3.8) is 0 Å². The highest BCUT2D eigenvalue weighted by atomic mass is 16.7. The third kappa shape index (κ3) is 4.04. The first kappa shape index (κ1) is 20.4. The number of benzene rings is 3. The lowest BCUT2D eigenvalue weighted by atomic mass is 10.1. The van der Waals surface area contributed by atoms with E-state index in [2.05, 4.69) is 0 Å². The molecule has 7 nitrogen and oxygen atoms in total. The van der Waals surface area contributed by atoms with Crippen LogP contribution in [0.4, 0.5) is 0 Å². The number of fused-ring (bicyclic) bond motifs is 2. The highest BCUT2D eigenvalue weighted by Crippen LogP contribution is 2.35. The standard InChI is InChI=1S/C26H18O7/c1-29-20-7-3-2-5-16(20)6-4-8-22-25(27)19-11-10-18(14-23(19)33-22)32-26(28)17-9-12-21-24(13-17)31-15-30-21/h2-14H,15H2,1H3/b6-4+,22-8-. The van der Waals surface area contributed by atoms with Crippen LogP contribution in [-0.2, 0) is 0 Å². The Morgan fingerprint density at radius 1 is 0.970 bits per heavy atom. The Balaban J connectivity index is 1.30. The number of allylic oxidation sites excluding steroid dienone is 3. The number of Topliss-reactive ketones (excluding diaryl/α,β-unsaturated/α-hetero) is 1. The predicted molar refractivity (Wildman–Crippen MR) is 119 cm³/mol. The van der Waals surface area contributed by atoms with Gasteiger partial charge in [0, 0.05) is 11.6 Å². The molecule has 0 spiro atoms. The van der Waals surface area contributed by atoms with Gasteiger partial charge in [0.25, 0.3) is 0 Å². The van der Waals surface area contributed by atoms with E-state index < -0.39 is 5.97 Å². The van der Waals surface area contributed by atoms with E-state index in [1.165, 1.54) is 6.07 Å². The molecule has 0 unspecified atom stereocenters. The van der Waals surface area contributed by atoms with Crippen LogP contribution >= 0.6 is 0 Å². The fraction of sp³-hybridized carbons (Fsp3) is 0.0769. The molecular weight excluding hydrogens is 424 g/mol. The van der Waals surface area contributed by atoms with Crippen LogP contribution in [0.1, 0.15) is 26.3 Å². The highest BCUT2D eigenvalue weighted by Gasteiger charge is 2.27. The molecule has 0 atom stereocenters. The molecule has 0 aliphatic carbocycles. The highest BCUT2D eigenvalue weighted by molar-refractivity contribution is 6.12. The Hall–Kier alpha value is -4.52. The smallest absolute Gasteiger partial charge is 0.343 e. The van der Waals surface area contributed by atoms with Gasteiger partial charge >= 0.3 is 5.97 Å². The van der Waals surface area contributed by atoms with Crippen LogP contribution in [0.3, 0.4) is 0 Å². The largest absolute Gasteiger partial charge is 0.496 e. The van der Waals surface area contributed by atoms with E-state index in [1.54, 1.807) is 49.6 Å². The fourth-order valence-corrected chi connectivity index (χ4v) is 3.48. The summed E-state index contributed by atoms with van der Waals surface area (Å²) in [6.07, 6.45) is 5.13. The zero-order valence-corrected chi connectivity index (χ0v) is 17.6. The summed E-state index contributed by atoms with van der Waals surface area (Å²) in [5, 5.41) is 0. The number of rotatable bonds is 5. The number of para-hydroxylation sites is 1. The summed E-state index contributed by atoms with van der Waals surface area (Å²) in [5.74, 6) is 1.75. The molecule has 2 aliphatic rings. The van der Waals surface area contributed by atoms with Gasteiger partial charge in [0.15, 0.2) is 17.3 Å². The van der Waals surface area contributed by atoms with Crippen LogP contribution in [0.25, 0.3) is 6.08 Å². The Labute approximate surface area is 189 Å². The second-order valence-corrected chi connectivity index (χ2v) is 7.18. The molecule has 164 valence electrons. The van der Waals surface area contributed by atoms with Crippen molar-refractivity contribution in [3.05, 3.63) is 95.3 Å². The van der Waals surface area contributed by atoms with Crippen molar-refractivity contribution < 1.29 is 33.3 Å². The van der Waals surface area contributed by atoms with Gasteiger partial charge in [0.1, 0.15) is 17.2 Å². The Kier molecular flexibility index (Phi) is 5.28. The SMILES string of the molecule is COc1ccccc1/C=C/C=C1\Oc2cc(OC(=O)c3ccc4c(c3)OCO4)ccc2C1=O. The Morgan fingerprint density at radius 3 is 2.70 bits per heavy atom. The summed E-state index contributed by atoms with van der Waals surface area (Å²) in [6.45, 7) is 0.119. The Bertz CT molecular complexity index is 1320. The molecule has 33 heavy (non-hydrogen) atoms. The molecule has 0 saturated carbocycles. The van der Waals surface area contributed by atoms with Crippen molar-refractivity contribution in [2.24, 2.45) is 0 Å². The van der Waals surface area contributed by atoms with Gasteiger partial charge in [-0.25, -0.2) is 4.79 Å². The van der Waals surface area contributed by atoms with Crippen molar-refractivity contribution in [1.82, 2.24) is 0 Å². The minimum Gasteiger partial charge on any atom is -0.496 e. The van der Waals surface area contributed by atoms with E-state index in [0.29, 0.717) is 28.4 Å². The topological polar surface area (TPSA) is 80.3 Å². The molecule has 0 aromatic heterocycles. The molecule has 3 aromatic carbocycles. The second kappa shape index (κ2) is 8.55. The lowest BCUT2D eigenvalue weighted by Gasteiger charge is -2.06. The lowest BCUT2D eigenvalue weighted by Crippen LogP contribution is -2.08. The van der Waals surface area contributed by atoms with Crippen LogP contribution in [-0.4, -0.2) is 25.7 Å². The van der Waals surface area contributed by atoms with Gasteiger partial charge in [-0.05, 0) is 42.5 Å². The van der Waals surface area contributed by atoms with Crippen molar-refractivity contribution in [2.45, 2.75) is 0 Å². The van der Waals surface area contributed by atoms with E-state index in [1.807, 2.05) is 30.3 Å². The van der Waals surface area contributed by atoms with Crippen molar-refractivity contribution >= 4 is 17.8 Å². The average molecular weight is 442 g/mol. The number of ether oxygens (including phenoxy) is 5. The number of carbonyl (C=O) groups excluding carboxylic acids is 2. The van der Waals surface area contributed by atoms with Crippen LogP contribution in [0, 0.1) is 0 Å². The molecule has 0 saturated heterocycles. The van der Waals surface area contributed by atoms with Gasteiger partial charge in [0.2, 0.25) is 12.6 Å². The van der Waals surface area contributed by atoms with Gasteiger partial charge in [-0.3, -0.25) is 4.79 Å². The van der Waals surface area contributed by atoms with Gasteiger partial charge in [-0.2, -0.15) is 0 Å². The molecule has 2 aliphatic heterocycles. The third-order valence-electron chi connectivity index (χ3n) is 5.12. The molecular formula is C26H18O7. The molecule has 0 fully saturated rings. The van der Waals surface area contributed by atoms with E-state index in [9.17, 15) is 9.59 Å². The monoisotopic (exact) mass is 442 g/mol. The summed E-state index contributed by atoms with van der Waals surface area (Å²) in [7, 11) is 1.60. The number of esters is 1. The number of ketones is 1. The number of hydrogen-bond acceptors (Lipinski definition) is 7. The lowest BCUT2D eigenvalue weighted by molar-refractivity contribution is 0.0734. The first-order valence-electron chi connectivity index (χ1n) is 10.1. The summed E-state index contributed by atoms with van der Waals surface area (Å²) in [6, 6.07) is 17.0. The Morgan fingerprint density at radius 2 is 1.82 bits per heavy atom. The molecule has 0 N–H and O–H groups in total. The van der Waals surface area contributed by atoms with Gasteiger partial charge in [-0.1, -0.05) is 30.4 Å². The quantitative estimate of drug-likeness (QED) is 0.319. The van der Waals surface area contributed by atoms with Crippen molar-refractivity contribution in [3.8, 4) is 28.7 Å². The van der Waals surface area contributed by atoms with E-state index in [0.717, 1.165) is 11.3 Å². The van der Waals surface area contributed by atoms with E-state index >= 15 is 0 Å². The fourth-order valence-electron chi connectivity index (χ4n) is 3.48. The first-order chi connectivity index (χ1) is 16.1. The molecule has 7 heteroatoms. The summed E-state index contributed by atoms with van der Waals surface area (Å²) >= 11 is 0. The third-order valence-corrected chi connectivity index (χ3v) is 5.12. The number of hydrogen-bond donors (Lipinski definition) is 0. The average Bonchev–Trinajstić information content (AvgIpc) is 3.43. The number of methoxy groups -OCH3 is 1. The summed E-state index contributed by atoms with van der Waals surface area (Å²) in [4.78, 5) is 25.2. The number of carbonyl (C=O) groups is 2. The minimum absolute atomic E-state index is 0.119. The maximum Gasteiger partial charge on any atom is 0.343 e. The zero-order valence-electron chi connectivity index (χ0n) is 17.6. The molecule has 0 amide bonds. The molecule has 0 radical (unpaired) electrons. The van der Waals surface area contributed by atoms with Crippen LogP contribution in [0.15, 0.2) is 78.6 Å². The molecule has 0 bridgehead atoms. The van der Waals surface area contributed by atoms with Crippen molar-refractivity contribution in [1.29, 1.82) is 0 Å². The van der Waals surface area contributed by atoms with Crippen LogP contribution in [0.5, 0.6) is 28.7 Å². The second-order valence-electron chi connectivity index (χ2n) is 7.18. The normalized spacial score (nSPS) is 14.9. The first-order valence-corrected chi connectivity index (χ1v) is 10.1. The predicted octanol–water partition coefficient (Wildman–Crippen LogP) is 4.82.